The van der Waals surface area contributed by atoms with Gasteiger partial charge in [0.1, 0.15) is 11.8 Å². The van der Waals surface area contributed by atoms with E-state index in [1.54, 1.807) is 7.11 Å². The highest BCUT2D eigenvalue weighted by Gasteiger charge is 2.26. The van der Waals surface area contributed by atoms with Crippen molar-refractivity contribution < 1.29 is 24.0 Å². The number of anilines is 1. The van der Waals surface area contributed by atoms with Gasteiger partial charge in [-0.3, -0.25) is 4.79 Å². The lowest BCUT2D eigenvalue weighted by molar-refractivity contribution is -0.892. The first kappa shape index (κ1) is 21.6. The summed E-state index contributed by atoms with van der Waals surface area (Å²) in [5.74, 6) is 0.283. The Labute approximate surface area is 177 Å². The first-order valence-electron chi connectivity index (χ1n) is 10.2. The van der Waals surface area contributed by atoms with E-state index in [-0.39, 0.29) is 5.91 Å². The van der Waals surface area contributed by atoms with Crippen molar-refractivity contribution in [2.45, 2.75) is 12.5 Å². The summed E-state index contributed by atoms with van der Waals surface area (Å²) in [6.07, 6.45) is 0.415. The van der Waals surface area contributed by atoms with E-state index in [9.17, 15) is 9.59 Å². The lowest BCUT2D eigenvalue weighted by atomic mass is 10.1. The first-order chi connectivity index (χ1) is 14.6. The quantitative estimate of drug-likeness (QED) is 0.611. The Balaban J connectivity index is 1.51. The van der Waals surface area contributed by atoms with Gasteiger partial charge in [-0.1, -0.05) is 36.4 Å². The smallest absolute Gasteiger partial charge is 0.328 e. The molecule has 7 nitrogen and oxygen atoms in total. The largest absolute Gasteiger partial charge is 0.497 e. The van der Waals surface area contributed by atoms with Crippen LogP contribution >= 0.6 is 0 Å². The van der Waals surface area contributed by atoms with E-state index in [1.807, 2.05) is 48.5 Å². The maximum atomic E-state index is 12.6. The van der Waals surface area contributed by atoms with Crippen LogP contribution in [0, 0.1) is 0 Å². The molecular formula is C23H30N3O4+. The van der Waals surface area contributed by atoms with Gasteiger partial charge in [0.05, 0.1) is 40.4 Å². The maximum absolute atomic E-state index is 12.6. The van der Waals surface area contributed by atoms with Crippen molar-refractivity contribution in [2.24, 2.45) is 0 Å². The number of carbonyl (C=O) groups is 2. The van der Waals surface area contributed by atoms with Crippen LogP contribution in [0.15, 0.2) is 54.6 Å². The number of rotatable bonds is 8. The normalized spacial score (nSPS) is 15.3. The molecule has 1 amide bonds. The number of quaternary nitrogens is 1. The van der Waals surface area contributed by atoms with E-state index in [4.69, 9.17) is 9.47 Å². The second-order valence-electron chi connectivity index (χ2n) is 7.45. The summed E-state index contributed by atoms with van der Waals surface area (Å²) >= 11 is 0. The summed E-state index contributed by atoms with van der Waals surface area (Å²) in [7, 11) is 3.01. The molecule has 160 valence electrons. The van der Waals surface area contributed by atoms with Crippen molar-refractivity contribution in [3.05, 3.63) is 60.2 Å². The summed E-state index contributed by atoms with van der Waals surface area (Å²) in [6.45, 7) is 3.77. The first-order valence-corrected chi connectivity index (χ1v) is 10.2. The van der Waals surface area contributed by atoms with Crippen LogP contribution in [-0.2, 0) is 20.7 Å². The molecule has 0 aliphatic carbocycles. The third-order valence-corrected chi connectivity index (χ3v) is 5.40. The maximum Gasteiger partial charge on any atom is 0.328 e. The third kappa shape index (κ3) is 5.97. The number of nitrogens with zero attached hydrogens (tertiary/aromatic N) is 1. The van der Waals surface area contributed by atoms with E-state index in [2.05, 4.69) is 16.3 Å². The summed E-state index contributed by atoms with van der Waals surface area (Å²) in [5, 5.41) is 2.86. The van der Waals surface area contributed by atoms with Crippen LogP contribution in [0.4, 0.5) is 5.69 Å². The van der Waals surface area contributed by atoms with Gasteiger partial charge < -0.3 is 24.6 Å². The molecule has 1 heterocycles. The highest BCUT2D eigenvalue weighted by Crippen LogP contribution is 2.20. The third-order valence-electron chi connectivity index (χ3n) is 5.40. The van der Waals surface area contributed by atoms with E-state index in [0.717, 1.165) is 43.2 Å². The number of esters is 1. The number of hydrogen-bond donors (Lipinski definition) is 2. The molecular weight excluding hydrogens is 382 g/mol. The summed E-state index contributed by atoms with van der Waals surface area (Å²) in [5.41, 5.74) is 2.11. The molecule has 2 aromatic rings. The van der Waals surface area contributed by atoms with E-state index >= 15 is 0 Å². The number of methoxy groups -OCH3 is 2. The molecule has 0 spiro atoms. The topological polar surface area (TPSA) is 72.3 Å². The number of hydrogen-bond acceptors (Lipinski definition) is 5. The van der Waals surface area contributed by atoms with Gasteiger partial charge in [-0.2, -0.15) is 0 Å². The van der Waals surface area contributed by atoms with Crippen molar-refractivity contribution >= 4 is 17.6 Å². The highest BCUT2D eigenvalue weighted by atomic mass is 16.5. The van der Waals surface area contributed by atoms with Crippen molar-refractivity contribution in [3.8, 4) is 5.75 Å². The SMILES string of the molecule is COC(=O)[C@@H](Cc1ccccc1)NC(=O)C[NH+]1CCN(c2cccc(OC)c2)CC1. The van der Waals surface area contributed by atoms with Gasteiger partial charge in [-0.15, -0.1) is 0 Å². The molecule has 2 N–H and O–H groups in total. The number of carbonyl (C=O) groups excluding carboxylic acids is 2. The molecule has 1 atom stereocenters. The average Bonchev–Trinajstić information content (AvgIpc) is 2.79. The van der Waals surface area contributed by atoms with Crippen LogP contribution in [-0.4, -0.2) is 64.9 Å². The zero-order valence-corrected chi connectivity index (χ0v) is 17.6. The Morgan fingerprint density at radius 1 is 1.07 bits per heavy atom. The number of benzene rings is 2. The van der Waals surface area contributed by atoms with Crippen molar-refractivity contribution in [3.63, 3.8) is 0 Å². The molecule has 0 unspecified atom stereocenters. The Morgan fingerprint density at radius 2 is 1.80 bits per heavy atom. The summed E-state index contributed by atoms with van der Waals surface area (Å²) in [6, 6.07) is 17.0. The van der Waals surface area contributed by atoms with Crippen LogP contribution in [0.2, 0.25) is 0 Å². The molecule has 7 heteroatoms. The monoisotopic (exact) mass is 412 g/mol. The van der Waals surface area contributed by atoms with Gasteiger partial charge >= 0.3 is 5.97 Å². The van der Waals surface area contributed by atoms with Crippen LogP contribution in [0.5, 0.6) is 5.75 Å². The lowest BCUT2D eigenvalue weighted by Gasteiger charge is -2.33. The van der Waals surface area contributed by atoms with Gasteiger partial charge in [-0.05, 0) is 17.7 Å². The predicted molar refractivity (Wildman–Crippen MR) is 115 cm³/mol. The number of nitrogens with one attached hydrogen (secondary N) is 2. The zero-order chi connectivity index (χ0) is 21.3. The van der Waals surface area contributed by atoms with Crippen molar-refractivity contribution in [1.82, 2.24) is 5.32 Å². The molecule has 1 saturated heterocycles. The van der Waals surface area contributed by atoms with Crippen LogP contribution in [0.1, 0.15) is 5.56 Å². The minimum absolute atomic E-state index is 0.133. The molecule has 0 bridgehead atoms. The number of ether oxygens (including phenoxy) is 2. The Kier molecular flexibility index (Phi) is 7.68. The predicted octanol–water partition coefficient (Wildman–Crippen LogP) is 0.301. The van der Waals surface area contributed by atoms with E-state index in [0.29, 0.717) is 13.0 Å². The van der Waals surface area contributed by atoms with Gasteiger partial charge in [-0.25, -0.2) is 4.79 Å². The molecule has 30 heavy (non-hydrogen) atoms. The standard InChI is InChI=1S/C23H29N3O4/c1-29-20-10-6-9-19(16-20)26-13-11-25(12-14-26)17-22(27)24-21(23(28)30-2)15-18-7-4-3-5-8-18/h3-10,16,21H,11-15,17H2,1-2H3,(H,24,27)/p+1/t21-/m1/s1. The molecule has 1 aliphatic heterocycles. The Morgan fingerprint density at radius 3 is 2.47 bits per heavy atom. The molecule has 0 aromatic heterocycles. The summed E-state index contributed by atoms with van der Waals surface area (Å²) in [4.78, 5) is 28.2. The average molecular weight is 413 g/mol. The second kappa shape index (κ2) is 10.6. The highest BCUT2D eigenvalue weighted by molar-refractivity contribution is 5.85. The van der Waals surface area contributed by atoms with Crippen LogP contribution in [0.3, 0.4) is 0 Å². The summed E-state index contributed by atoms with van der Waals surface area (Å²) < 4.78 is 10.2. The second-order valence-corrected chi connectivity index (χ2v) is 7.45. The molecule has 3 rings (SSSR count). The molecule has 1 fully saturated rings. The fourth-order valence-corrected chi connectivity index (χ4v) is 3.72. The van der Waals surface area contributed by atoms with Gasteiger partial charge in [0.2, 0.25) is 0 Å². The lowest BCUT2D eigenvalue weighted by Crippen LogP contribution is -3.16. The van der Waals surface area contributed by atoms with E-state index < -0.39 is 12.0 Å². The number of amides is 1. The van der Waals surface area contributed by atoms with Crippen LogP contribution in [0.25, 0.3) is 0 Å². The van der Waals surface area contributed by atoms with Gasteiger partial charge in [0.15, 0.2) is 6.54 Å². The Bertz CT molecular complexity index is 835. The minimum Gasteiger partial charge on any atom is -0.497 e. The van der Waals surface area contributed by atoms with E-state index in [1.165, 1.54) is 12.0 Å². The molecule has 1 aliphatic rings. The Hall–Kier alpha value is -3.06. The molecule has 0 saturated carbocycles. The van der Waals surface area contributed by atoms with Crippen molar-refractivity contribution in [2.75, 3.05) is 51.8 Å². The van der Waals surface area contributed by atoms with Crippen molar-refractivity contribution in [1.29, 1.82) is 0 Å². The van der Waals surface area contributed by atoms with Gasteiger partial charge in [0.25, 0.3) is 5.91 Å². The zero-order valence-electron chi connectivity index (χ0n) is 17.6. The molecule has 2 aromatic carbocycles. The van der Waals surface area contributed by atoms with Crippen LogP contribution < -0.4 is 19.9 Å². The van der Waals surface area contributed by atoms with Gasteiger partial charge in [0, 0.05) is 18.2 Å². The minimum atomic E-state index is -0.678. The fourth-order valence-electron chi connectivity index (χ4n) is 3.72. The molecule has 0 radical (unpaired) electrons. The fraction of sp³-hybridized carbons (Fsp3) is 0.391. The number of piperazine rings is 1.